The Bertz CT molecular complexity index is 500. The highest BCUT2D eigenvalue weighted by atomic mass is 35.5. The van der Waals surface area contributed by atoms with Crippen molar-refractivity contribution in [3.63, 3.8) is 0 Å². The van der Waals surface area contributed by atoms with Crippen LogP contribution in [0.15, 0.2) is 18.2 Å². The summed E-state index contributed by atoms with van der Waals surface area (Å²) in [5.41, 5.74) is 4.23. The zero-order valence-electron chi connectivity index (χ0n) is 8.44. The molecule has 1 aromatic carbocycles. The van der Waals surface area contributed by atoms with Gasteiger partial charge in [-0.05, 0) is 18.2 Å². The molecular weight excluding hydrogens is 255 g/mol. The van der Waals surface area contributed by atoms with Crippen LogP contribution in [0.3, 0.4) is 0 Å². The maximum atomic E-state index is 12.4. The molecule has 1 amide bonds. The van der Waals surface area contributed by atoms with Crippen LogP contribution in [-0.2, 0) is 11.0 Å². The second-order valence-corrected chi connectivity index (χ2v) is 3.54. The Kier molecular flexibility index (Phi) is 4.02. The van der Waals surface area contributed by atoms with Crippen LogP contribution in [0, 0.1) is 11.8 Å². The monoisotopic (exact) mass is 261 g/mol. The summed E-state index contributed by atoms with van der Waals surface area (Å²) >= 11 is 5.48. The van der Waals surface area contributed by atoms with E-state index in [9.17, 15) is 18.0 Å². The van der Waals surface area contributed by atoms with Crippen LogP contribution in [0.1, 0.15) is 17.5 Å². The first-order valence-corrected chi connectivity index (χ1v) is 4.82. The van der Waals surface area contributed by atoms with Crippen molar-refractivity contribution in [1.29, 1.82) is 0 Å². The Morgan fingerprint density at radius 3 is 2.53 bits per heavy atom. The summed E-state index contributed by atoms with van der Waals surface area (Å²) < 4.78 is 37.1. The second-order valence-electron chi connectivity index (χ2n) is 3.14. The molecule has 0 aliphatic carbocycles. The molecule has 2 nitrogen and oxygen atoms in total. The molecule has 0 aliphatic heterocycles. The largest absolute Gasteiger partial charge is 0.417 e. The number of halogens is 4. The van der Waals surface area contributed by atoms with Gasteiger partial charge in [-0.2, -0.15) is 13.2 Å². The van der Waals surface area contributed by atoms with E-state index in [-0.39, 0.29) is 6.42 Å². The fourth-order valence-corrected chi connectivity index (χ4v) is 1.34. The lowest BCUT2D eigenvalue weighted by Gasteiger charge is -2.08. The first kappa shape index (κ1) is 13.4. The van der Waals surface area contributed by atoms with Crippen LogP contribution < -0.4 is 5.73 Å². The number of primary amides is 1. The van der Waals surface area contributed by atoms with E-state index in [2.05, 4.69) is 11.8 Å². The molecule has 0 atom stereocenters. The number of carbonyl (C=O) groups is 1. The van der Waals surface area contributed by atoms with E-state index in [0.717, 1.165) is 12.1 Å². The lowest BCUT2D eigenvalue weighted by Crippen LogP contribution is -2.08. The van der Waals surface area contributed by atoms with Gasteiger partial charge in [-0.15, -0.1) is 0 Å². The summed E-state index contributed by atoms with van der Waals surface area (Å²) in [6.45, 7) is 0. The normalized spacial score (nSPS) is 10.6. The molecular formula is C11H7ClF3NO. The molecule has 1 rings (SSSR count). The number of alkyl halides is 3. The average Bonchev–Trinajstić information content (AvgIpc) is 2.14. The highest BCUT2D eigenvalue weighted by Crippen LogP contribution is 2.34. The topological polar surface area (TPSA) is 43.1 Å². The zero-order valence-corrected chi connectivity index (χ0v) is 9.19. The van der Waals surface area contributed by atoms with Crippen LogP contribution in [-0.4, -0.2) is 5.91 Å². The fraction of sp³-hybridized carbons (Fsp3) is 0.182. The predicted molar refractivity (Wildman–Crippen MR) is 57.1 cm³/mol. The van der Waals surface area contributed by atoms with Gasteiger partial charge in [0.25, 0.3) is 0 Å². The number of carbonyl (C=O) groups excluding carboxylic acids is 1. The molecule has 0 spiro atoms. The number of rotatable bonds is 1. The number of nitrogens with two attached hydrogens (primary N) is 1. The van der Waals surface area contributed by atoms with Crippen LogP contribution >= 0.6 is 11.6 Å². The highest BCUT2D eigenvalue weighted by molar-refractivity contribution is 6.31. The van der Waals surface area contributed by atoms with E-state index in [1.54, 1.807) is 0 Å². The first-order valence-electron chi connectivity index (χ1n) is 4.44. The van der Waals surface area contributed by atoms with Gasteiger partial charge >= 0.3 is 6.18 Å². The molecule has 0 aromatic heterocycles. The van der Waals surface area contributed by atoms with Gasteiger partial charge in [0, 0.05) is 5.56 Å². The summed E-state index contributed by atoms with van der Waals surface area (Å²) in [6, 6.07) is 3.12. The number of hydrogen-bond acceptors (Lipinski definition) is 1. The van der Waals surface area contributed by atoms with E-state index in [4.69, 9.17) is 17.3 Å². The maximum absolute atomic E-state index is 12.4. The molecule has 0 heterocycles. The van der Waals surface area contributed by atoms with Crippen LogP contribution in [0.4, 0.5) is 13.2 Å². The van der Waals surface area contributed by atoms with Gasteiger partial charge in [-0.3, -0.25) is 4.79 Å². The van der Waals surface area contributed by atoms with Gasteiger partial charge in [-0.1, -0.05) is 23.4 Å². The summed E-state index contributed by atoms with van der Waals surface area (Å²) in [4.78, 5) is 10.4. The van der Waals surface area contributed by atoms with Crippen molar-refractivity contribution in [3.8, 4) is 11.8 Å². The van der Waals surface area contributed by atoms with Crippen molar-refractivity contribution in [2.75, 3.05) is 0 Å². The molecule has 0 unspecified atom stereocenters. The van der Waals surface area contributed by atoms with Crippen molar-refractivity contribution in [3.05, 3.63) is 34.3 Å². The molecule has 0 fully saturated rings. The summed E-state index contributed by atoms with van der Waals surface area (Å²) in [5.74, 6) is 4.31. The summed E-state index contributed by atoms with van der Waals surface area (Å²) in [6.07, 6.45) is -4.64. The SMILES string of the molecule is NC(=O)CC#Cc1ccc(C(F)(F)F)c(Cl)c1. The van der Waals surface area contributed by atoms with Gasteiger partial charge in [0.15, 0.2) is 0 Å². The molecule has 2 N–H and O–H groups in total. The third-order valence-corrected chi connectivity index (χ3v) is 2.08. The second kappa shape index (κ2) is 5.11. The van der Waals surface area contributed by atoms with Crippen molar-refractivity contribution in [2.45, 2.75) is 12.6 Å². The van der Waals surface area contributed by atoms with Crippen molar-refractivity contribution >= 4 is 17.5 Å². The fourth-order valence-electron chi connectivity index (χ4n) is 1.06. The van der Waals surface area contributed by atoms with E-state index < -0.39 is 22.7 Å². The third kappa shape index (κ3) is 4.00. The highest BCUT2D eigenvalue weighted by Gasteiger charge is 2.32. The zero-order chi connectivity index (χ0) is 13.1. The van der Waals surface area contributed by atoms with Gasteiger partial charge in [0.1, 0.15) is 0 Å². The Morgan fingerprint density at radius 1 is 1.41 bits per heavy atom. The quantitative estimate of drug-likeness (QED) is 0.776. The van der Waals surface area contributed by atoms with E-state index in [0.29, 0.717) is 5.56 Å². The Labute approximate surface area is 101 Å². The van der Waals surface area contributed by atoms with E-state index in [1.807, 2.05) is 0 Å². The van der Waals surface area contributed by atoms with E-state index >= 15 is 0 Å². The molecule has 0 aliphatic rings. The average molecular weight is 262 g/mol. The Morgan fingerprint density at radius 2 is 2.06 bits per heavy atom. The number of benzene rings is 1. The van der Waals surface area contributed by atoms with Crippen LogP contribution in [0.5, 0.6) is 0 Å². The molecule has 0 saturated carbocycles. The van der Waals surface area contributed by atoms with Gasteiger partial charge in [-0.25, -0.2) is 0 Å². The minimum atomic E-state index is -4.49. The molecule has 90 valence electrons. The van der Waals surface area contributed by atoms with Crippen LogP contribution in [0.2, 0.25) is 5.02 Å². The predicted octanol–water partition coefficient (Wildman–Crippen LogP) is 2.59. The number of hydrogen-bond donors (Lipinski definition) is 1. The van der Waals surface area contributed by atoms with Crippen molar-refractivity contribution in [2.24, 2.45) is 5.73 Å². The van der Waals surface area contributed by atoms with Gasteiger partial charge in [0.2, 0.25) is 5.91 Å². The lowest BCUT2D eigenvalue weighted by molar-refractivity contribution is -0.137. The van der Waals surface area contributed by atoms with Crippen LogP contribution in [0.25, 0.3) is 0 Å². The first-order chi connectivity index (χ1) is 7.80. The summed E-state index contributed by atoms with van der Waals surface area (Å²) in [5, 5.41) is -0.427. The third-order valence-electron chi connectivity index (χ3n) is 1.77. The van der Waals surface area contributed by atoms with Crippen molar-refractivity contribution in [1.82, 2.24) is 0 Å². The minimum Gasteiger partial charge on any atom is -0.369 e. The summed E-state index contributed by atoms with van der Waals surface area (Å²) in [7, 11) is 0. The minimum absolute atomic E-state index is 0.154. The van der Waals surface area contributed by atoms with Crippen molar-refractivity contribution < 1.29 is 18.0 Å². The molecule has 1 aromatic rings. The maximum Gasteiger partial charge on any atom is 0.417 e. The smallest absolute Gasteiger partial charge is 0.369 e. The molecule has 17 heavy (non-hydrogen) atoms. The van der Waals surface area contributed by atoms with Gasteiger partial charge in [0.05, 0.1) is 17.0 Å². The van der Waals surface area contributed by atoms with E-state index in [1.165, 1.54) is 6.07 Å². The molecule has 6 heteroatoms. The number of amides is 1. The molecule has 0 bridgehead atoms. The Hall–Kier alpha value is -1.67. The molecule has 0 saturated heterocycles. The Balaban J connectivity index is 2.96. The lowest BCUT2D eigenvalue weighted by atomic mass is 10.1. The van der Waals surface area contributed by atoms with Gasteiger partial charge < -0.3 is 5.73 Å². The standard InChI is InChI=1S/C11H7ClF3NO/c12-9-6-7(2-1-3-10(16)17)4-5-8(9)11(13,14)15/h4-6H,3H2,(H2,16,17). The molecule has 0 radical (unpaired) electrons.